The predicted octanol–water partition coefficient (Wildman–Crippen LogP) is 3.16. The molecule has 0 bridgehead atoms. The number of hydrogen-bond donors (Lipinski definition) is 1. The van der Waals surface area contributed by atoms with Gasteiger partial charge in [0.15, 0.2) is 0 Å². The second-order valence-corrected chi connectivity index (χ2v) is 6.82. The van der Waals surface area contributed by atoms with Crippen molar-refractivity contribution in [3.8, 4) is 11.5 Å². The van der Waals surface area contributed by atoms with Crippen molar-refractivity contribution in [2.75, 3.05) is 14.2 Å². The van der Waals surface area contributed by atoms with Crippen molar-refractivity contribution in [1.29, 1.82) is 0 Å². The standard InChI is InChI=1S/C20H27N3O3/c1-5-13(2)21-20(24)17-12-23-11-14(6-9-19(23)22-17)16-10-15(25-3)7-8-18(16)26-4/h7-8,10,12-14H,5-6,9,11H2,1-4H3,(H,21,24). The number of hydrogen-bond acceptors (Lipinski definition) is 4. The minimum atomic E-state index is -0.100. The van der Waals surface area contributed by atoms with Crippen molar-refractivity contribution >= 4 is 5.91 Å². The van der Waals surface area contributed by atoms with Gasteiger partial charge in [0.05, 0.1) is 14.2 Å². The van der Waals surface area contributed by atoms with Crippen LogP contribution in [0.2, 0.25) is 0 Å². The van der Waals surface area contributed by atoms with Crippen molar-refractivity contribution in [2.45, 2.75) is 51.6 Å². The molecular formula is C20H27N3O3. The van der Waals surface area contributed by atoms with Crippen molar-refractivity contribution in [2.24, 2.45) is 0 Å². The number of nitrogens with zero attached hydrogens (tertiary/aromatic N) is 2. The first-order valence-corrected chi connectivity index (χ1v) is 9.14. The molecule has 0 radical (unpaired) electrons. The van der Waals surface area contributed by atoms with Crippen molar-refractivity contribution in [3.63, 3.8) is 0 Å². The zero-order valence-electron chi connectivity index (χ0n) is 15.9. The number of rotatable bonds is 6. The molecule has 2 heterocycles. The number of carbonyl (C=O) groups is 1. The number of imidazole rings is 1. The molecule has 2 atom stereocenters. The van der Waals surface area contributed by atoms with Gasteiger partial charge in [0, 0.05) is 36.7 Å². The first kappa shape index (κ1) is 18.3. The molecule has 0 saturated carbocycles. The molecule has 1 N–H and O–H groups in total. The fourth-order valence-corrected chi connectivity index (χ4v) is 3.37. The quantitative estimate of drug-likeness (QED) is 0.862. The summed E-state index contributed by atoms with van der Waals surface area (Å²) in [6.07, 6.45) is 4.57. The highest BCUT2D eigenvalue weighted by atomic mass is 16.5. The van der Waals surface area contributed by atoms with Crippen LogP contribution in [0.5, 0.6) is 11.5 Å². The Morgan fingerprint density at radius 3 is 2.88 bits per heavy atom. The highest BCUT2D eigenvalue weighted by molar-refractivity contribution is 5.92. The van der Waals surface area contributed by atoms with Crippen LogP contribution in [-0.2, 0) is 13.0 Å². The summed E-state index contributed by atoms with van der Waals surface area (Å²) in [5.74, 6) is 2.86. The van der Waals surface area contributed by atoms with Crippen LogP contribution in [0.3, 0.4) is 0 Å². The number of amides is 1. The van der Waals surface area contributed by atoms with Gasteiger partial charge in [-0.25, -0.2) is 4.98 Å². The van der Waals surface area contributed by atoms with Crippen molar-refractivity contribution in [3.05, 3.63) is 41.5 Å². The lowest BCUT2D eigenvalue weighted by molar-refractivity contribution is 0.0934. The monoisotopic (exact) mass is 357 g/mol. The summed E-state index contributed by atoms with van der Waals surface area (Å²) in [6.45, 7) is 4.83. The molecule has 1 aliphatic heterocycles. The number of methoxy groups -OCH3 is 2. The molecule has 1 amide bonds. The van der Waals surface area contributed by atoms with Gasteiger partial charge in [-0.3, -0.25) is 4.79 Å². The Kier molecular flexibility index (Phi) is 5.49. The van der Waals surface area contributed by atoms with E-state index in [1.165, 1.54) is 0 Å². The van der Waals surface area contributed by atoms with E-state index in [4.69, 9.17) is 9.47 Å². The van der Waals surface area contributed by atoms with Gasteiger partial charge in [0.25, 0.3) is 5.91 Å². The van der Waals surface area contributed by atoms with Crippen LogP contribution in [0.25, 0.3) is 0 Å². The van der Waals surface area contributed by atoms with Gasteiger partial charge in [0.2, 0.25) is 0 Å². The summed E-state index contributed by atoms with van der Waals surface area (Å²) in [5, 5.41) is 2.98. The minimum absolute atomic E-state index is 0.100. The van der Waals surface area contributed by atoms with Gasteiger partial charge in [-0.05, 0) is 38.0 Å². The molecule has 1 aliphatic rings. The minimum Gasteiger partial charge on any atom is -0.497 e. The lowest BCUT2D eigenvalue weighted by atomic mass is 9.90. The van der Waals surface area contributed by atoms with E-state index in [9.17, 15) is 4.79 Å². The first-order valence-electron chi connectivity index (χ1n) is 9.14. The molecule has 140 valence electrons. The molecule has 0 spiro atoms. The predicted molar refractivity (Wildman–Crippen MR) is 100 cm³/mol. The topological polar surface area (TPSA) is 65.4 Å². The van der Waals surface area contributed by atoms with Crippen molar-refractivity contribution < 1.29 is 14.3 Å². The molecule has 6 nitrogen and oxygen atoms in total. The summed E-state index contributed by atoms with van der Waals surface area (Å²) >= 11 is 0. The molecule has 2 aromatic rings. The van der Waals surface area contributed by atoms with Crippen LogP contribution in [-0.4, -0.2) is 35.7 Å². The summed E-state index contributed by atoms with van der Waals surface area (Å²) < 4.78 is 13.0. The maximum atomic E-state index is 12.3. The fourth-order valence-electron chi connectivity index (χ4n) is 3.37. The van der Waals surface area contributed by atoms with Crippen LogP contribution < -0.4 is 14.8 Å². The summed E-state index contributed by atoms with van der Waals surface area (Å²) in [5.41, 5.74) is 1.63. The van der Waals surface area contributed by atoms with E-state index in [1.54, 1.807) is 14.2 Å². The molecule has 0 aliphatic carbocycles. The lowest BCUT2D eigenvalue weighted by Gasteiger charge is -2.25. The maximum absolute atomic E-state index is 12.3. The van der Waals surface area contributed by atoms with Crippen LogP contribution >= 0.6 is 0 Å². The first-order chi connectivity index (χ1) is 12.5. The zero-order chi connectivity index (χ0) is 18.7. The largest absolute Gasteiger partial charge is 0.497 e. The van der Waals surface area contributed by atoms with Crippen LogP contribution in [0.4, 0.5) is 0 Å². The van der Waals surface area contributed by atoms with E-state index in [0.29, 0.717) is 11.6 Å². The highest BCUT2D eigenvalue weighted by Crippen LogP contribution is 2.36. The second-order valence-electron chi connectivity index (χ2n) is 6.82. The number of carbonyl (C=O) groups excluding carboxylic acids is 1. The average molecular weight is 357 g/mol. The molecule has 1 aromatic heterocycles. The summed E-state index contributed by atoms with van der Waals surface area (Å²) in [7, 11) is 3.36. The Bertz CT molecular complexity index is 785. The number of benzene rings is 1. The van der Waals surface area contributed by atoms with Gasteiger partial charge in [0.1, 0.15) is 23.0 Å². The van der Waals surface area contributed by atoms with E-state index in [2.05, 4.69) is 21.8 Å². The van der Waals surface area contributed by atoms with Gasteiger partial charge in [-0.2, -0.15) is 0 Å². The summed E-state index contributed by atoms with van der Waals surface area (Å²) in [6, 6.07) is 6.05. The van der Waals surface area contributed by atoms with E-state index >= 15 is 0 Å². The van der Waals surface area contributed by atoms with E-state index in [0.717, 1.165) is 48.7 Å². The number of nitrogens with one attached hydrogen (secondary N) is 1. The number of aryl methyl sites for hydroxylation is 1. The molecule has 26 heavy (non-hydrogen) atoms. The SMILES string of the molecule is CCC(C)NC(=O)c1cn2c(n1)CCC(c1cc(OC)ccc1OC)C2. The number of aromatic nitrogens is 2. The van der Waals surface area contributed by atoms with E-state index in [1.807, 2.05) is 31.3 Å². The van der Waals surface area contributed by atoms with Gasteiger partial charge >= 0.3 is 0 Å². The zero-order valence-corrected chi connectivity index (χ0v) is 15.9. The Morgan fingerprint density at radius 2 is 2.19 bits per heavy atom. The summed E-state index contributed by atoms with van der Waals surface area (Å²) in [4.78, 5) is 16.9. The third-order valence-corrected chi connectivity index (χ3v) is 5.09. The number of fused-ring (bicyclic) bond motifs is 1. The smallest absolute Gasteiger partial charge is 0.271 e. The molecule has 2 unspecified atom stereocenters. The van der Waals surface area contributed by atoms with Crippen molar-refractivity contribution in [1.82, 2.24) is 14.9 Å². The number of ether oxygens (including phenoxy) is 2. The highest BCUT2D eigenvalue weighted by Gasteiger charge is 2.26. The fraction of sp³-hybridized carbons (Fsp3) is 0.500. The van der Waals surface area contributed by atoms with Crippen LogP contribution in [0.15, 0.2) is 24.4 Å². The Balaban J connectivity index is 1.81. The lowest BCUT2D eigenvalue weighted by Crippen LogP contribution is -2.32. The van der Waals surface area contributed by atoms with Crippen LogP contribution in [0, 0.1) is 0 Å². The Morgan fingerprint density at radius 1 is 1.38 bits per heavy atom. The van der Waals surface area contributed by atoms with Gasteiger partial charge in [-0.1, -0.05) is 6.92 Å². The maximum Gasteiger partial charge on any atom is 0.271 e. The molecule has 0 fully saturated rings. The van der Waals surface area contributed by atoms with E-state index in [-0.39, 0.29) is 11.9 Å². The second kappa shape index (κ2) is 7.81. The van der Waals surface area contributed by atoms with Gasteiger partial charge < -0.3 is 19.4 Å². The molecule has 6 heteroatoms. The van der Waals surface area contributed by atoms with Gasteiger partial charge in [-0.15, -0.1) is 0 Å². The third-order valence-electron chi connectivity index (χ3n) is 5.09. The Labute approximate surface area is 154 Å². The molecule has 0 saturated heterocycles. The third kappa shape index (κ3) is 3.69. The molecular weight excluding hydrogens is 330 g/mol. The average Bonchev–Trinajstić information content (AvgIpc) is 3.10. The normalized spacial score (nSPS) is 17.3. The van der Waals surface area contributed by atoms with Crippen LogP contribution in [0.1, 0.15) is 54.5 Å². The molecule has 3 rings (SSSR count). The molecule has 1 aromatic carbocycles. The Hall–Kier alpha value is -2.50. The van der Waals surface area contributed by atoms with E-state index < -0.39 is 0 Å².